The SMILES string of the molecule is CCC(CC)N1CCN(C(=O)C=CCc2ccc(Cl)c(Cl)c2)CC1.Cl. The van der Waals surface area contributed by atoms with Crippen molar-refractivity contribution in [2.24, 2.45) is 0 Å². The van der Waals surface area contributed by atoms with E-state index in [-0.39, 0.29) is 18.3 Å². The first-order chi connectivity index (χ1) is 11.5. The minimum atomic E-state index is 0. The number of nitrogens with zero attached hydrogens (tertiary/aromatic N) is 2. The third-order valence-corrected chi connectivity index (χ3v) is 5.42. The van der Waals surface area contributed by atoms with E-state index in [1.54, 1.807) is 12.1 Å². The summed E-state index contributed by atoms with van der Waals surface area (Å²) in [7, 11) is 0. The summed E-state index contributed by atoms with van der Waals surface area (Å²) in [6, 6.07) is 6.20. The van der Waals surface area contributed by atoms with Crippen LogP contribution in [0.15, 0.2) is 30.4 Å². The third kappa shape index (κ3) is 6.49. The van der Waals surface area contributed by atoms with Crippen molar-refractivity contribution >= 4 is 41.5 Å². The van der Waals surface area contributed by atoms with Gasteiger partial charge in [-0.05, 0) is 43.0 Å². The molecule has 0 aromatic heterocycles. The van der Waals surface area contributed by atoms with Gasteiger partial charge in [-0.15, -0.1) is 12.4 Å². The smallest absolute Gasteiger partial charge is 0.246 e. The quantitative estimate of drug-likeness (QED) is 0.632. The molecule has 3 nitrogen and oxygen atoms in total. The van der Waals surface area contributed by atoms with Crippen molar-refractivity contribution in [1.82, 2.24) is 9.80 Å². The van der Waals surface area contributed by atoms with Gasteiger partial charge in [0.15, 0.2) is 0 Å². The second-order valence-corrected chi connectivity index (χ2v) is 7.00. The number of rotatable bonds is 6. The summed E-state index contributed by atoms with van der Waals surface area (Å²) in [6.07, 6.45) is 6.60. The van der Waals surface area contributed by atoms with Crippen LogP contribution in [0.5, 0.6) is 0 Å². The molecule has 1 heterocycles. The Hall–Kier alpha value is -0.740. The van der Waals surface area contributed by atoms with Gasteiger partial charge in [0.25, 0.3) is 0 Å². The fourth-order valence-corrected chi connectivity index (χ4v) is 3.50. The van der Waals surface area contributed by atoms with E-state index in [1.165, 1.54) is 12.8 Å². The summed E-state index contributed by atoms with van der Waals surface area (Å²) in [5.74, 6) is 0.0965. The molecule has 1 aromatic rings. The summed E-state index contributed by atoms with van der Waals surface area (Å²) in [6.45, 7) is 8.03. The number of halogens is 3. The van der Waals surface area contributed by atoms with Crippen molar-refractivity contribution < 1.29 is 4.79 Å². The molecule has 0 atom stereocenters. The zero-order valence-electron chi connectivity index (χ0n) is 14.9. The molecule has 0 unspecified atom stereocenters. The fourth-order valence-electron chi connectivity index (χ4n) is 3.18. The van der Waals surface area contributed by atoms with E-state index in [2.05, 4.69) is 18.7 Å². The Morgan fingerprint density at radius 2 is 1.76 bits per heavy atom. The fraction of sp³-hybridized carbons (Fsp3) is 0.526. The second kappa shape index (κ2) is 11.1. The molecule has 1 aliphatic heterocycles. The van der Waals surface area contributed by atoms with Gasteiger partial charge in [0.05, 0.1) is 10.0 Å². The van der Waals surface area contributed by atoms with E-state index in [9.17, 15) is 4.79 Å². The molecule has 1 saturated heterocycles. The van der Waals surface area contributed by atoms with Crippen molar-refractivity contribution in [3.63, 3.8) is 0 Å². The van der Waals surface area contributed by atoms with Gasteiger partial charge < -0.3 is 4.90 Å². The van der Waals surface area contributed by atoms with Gasteiger partial charge in [0.1, 0.15) is 0 Å². The largest absolute Gasteiger partial charge is 0.337 e. The van der Waals surface area contributed by atoms with Crippen LogP contribution in [0.4, 0.5) is 0 Å². The third-order valence-electron chi connectivity index (χ3n) is 4.68. The molecule has 1 aliphatic rings. The Bertz CT molecular complexity index is 580. The maximum absolute atomic E-state index is 12.3. The van der Waals surface area contributed by atoms with Crippen LogP contribution in [0, 0.1) is 0 Å². The standard InChI is InChI=1S/C19H26Cl2N2O.ClH/c1-3-16(4-2)22-10-12-23(13-11-22)19(24)7-5-6-15-8-9-17(20)18(21)14-15;/h5,7-9,14,16H,3-4,6,10-13H2,1-2H3;1H. The molecule has 0 bridgehead atoms. The lowest BCUT2D eigenvalue weighted by molar-refractivity contribution is -0.128. The van der Waals surface area contributed by atoms with Crippen molar-refractivity contribution in [3.05, 3.63) is 46.0 Å². The highest BCUT2D eigenvalue weighted by Crippen LogP contribution is 2.22. The first kappa shape index (κ1) is 22.3. The van der Waals surface area contributed by atoms with Gasteiger partial charge in [-0.2, -0.15) is 0 Å². The van der Waals surface area contributed by atoms with Gasteiger partial charge in [-0.3, -0.25) is 9.69 Å². The lowest BCUT2D eigenvalue weighted by Crippen LogP contribution is -2.51. The van der Waals surface area contributed by atoms with Crippen LogP contribution in [0.2, 0.25) is 10.0 Å². The maximum Gasteiger partial charge on any atom is 0.246 e. The predicted molar refractivity (Wildman–Crippen MR) is 109 cm³/mol. The highest BCUT2D eigenvalue weighted by atomic mass is 35.5. The molecule has 2 rings (SSSR count). The lowest BCUT2D eigenvalue weighted by Gasteiger charge is -2.38. The van der Waals surface area contributed by atoms with E-state index in [0.29, 0.717) is 22.5 Å². The molecule has 1 amide bonds. The van der Waals surface area contributed by atoms with E-state index in [4.69, 9.17) is 23.2 Å². The molecule has 1 fully saturated rings. The van der Waals surface area contributed by atoms with Crippen LogP contribution in [-0.4, -0.2) is 47.9 Å². The van der Waals surface area contributed by atoms with E-state index in [1.807, 2.05) is 23.1 Å². The summed E-state index contributed by atoms with van der Waals surface area (Å²) in [5.41, 5.74) is 1.05. The zero-order valence-corrected chi connectivity index (χ0v) is 17.2. The maximum atomic E-state index is 12.3. The van der Waals surface area contributed by atoms with Crippen LogP contribution in [0.1, 0.15) is 32.3 Å². The zero-order chi connectivity index (χ0) is 17.5. The molecule has 140 valence electrons. The molecule has 0 saturated carbocycles. The first-order valence-electron chi connectivity index (χ1n) is 8.68. The minimum absolute atomic E-state index is 0. The summed E-state index contributed by atoms with van der Waals surface area (Å²) >= 11 is 11.9. The molecule has 0 spiro atoms. The van der Waals surface area contributed by atoms with Crippen LogP contribution in [-0.2, 0) is 11.2 Å². The van der Waals surface area contributed by atoms with Crippen LogP contribution < -0.4 is 0 Å². The number of allylic oxidation sites excluding steroid dienone is 1. The topological polar surface area (TPSA) is 23.6 Å². The number of piperazine rings is 1. The molecule has 0 N–H and O–H groups in total. The van der Waals surface area contributed by atoms with Gasteiger partial charge in [0.2, 0.25) is 5.91 Å². The number of carbonyl (C=O) groups is 1. The van der Waals surface area contributed by atoms with Crippen molar-refractivity contribution in [2.75, 3.05) is 26.2 Å². The normalized spacial score (nSPS) is 15.6. The Labute approximate surface area is 167 Å². The Morgan fingerprint density at radius 3 is 2.32 bits per heavy atom. The second-order valence-electron chi connectivity index (χ2n) is 6.19. The van der Waals surface area contributed by atoms with Crippen molar-refractivity contribution in [2.45, 2.75) is 39.2 Å². The molecule has 25 heavy (non-hydrogen) atoms. The molecule has 1 aromatic carbocycles. The average Bonchev–Trinajstić information content (AvgIpc) is 2.59. The van der Waals surface area contributed by atoms with Crippen molar-refractivity contribution in [3.8, 4) is 0 Å². The number of amides is 1. The van der Waals surface area contributed by atoms with Gasteiger partial charge in [-0.1, -0.05) is 49.2 Å². The van der Waals surface area contributed by atoms with Crippen LogP contribution in [0.3, 0.4) is 0 Å². The minimum Gasteiger partial charge on any atom is -0.337 e. The number of benzene rings is 1. The summed E-state index contributed by atoms with van der Waals surface area (Å²) < 4.78 is 0. The van der Waals surface area contributed by atoms with Gasteiger partial charge in [-0.25, -0.2) is 0 Å². The first-order valence-corrected chi connectivity index (χ1v) is 9.44. The number of carbonyl (C=O) groups excluding carboxylic acids is 1. The van der Waals surface area contributed by atoms with Crippen LogP contribution >= 0.6 is 35.6 Å². The monoisotopic (exact) mass is 404 g/mol. The molecular formula is C19H27Cl3N2O. The average molecular weight is 406 g/mol. The number of hydrogen-bond donors (Lipinski definition) is 0. The van der Waals surface area contributed by atoms with Gasteiger partial charge >= 0.3 is 0 Å². The number of hydrogen-bond acceptors (Lipinski definition) is 2. The Morgan fingerprint density at radius 1 is 1.12 bits per heavy atom. The Balaban J connectivity index is 0.00000312. The summed E-state index contributed by atoms with van der Waals surface area (Å²) in [4.78, 5) is 16.7. The highest BCUT2D eigenvalue weighted by Gasteiger charge is 2.23. The van der Waals surface area contributed by atoms with Crippen LogP contribution in [0.25, 0.3) is 0 Å². The molecule has 6 heteroatoms. The molecule has 0 radical (unpaired) electrons. The summed E-state index contributed by atoms with van der Waals surface area (Å²) in [5, 5.41) is 1.10. The lowest BCUT2D eigenvalue weighted by atomic mass is 10.1. The molecular weight excluding hydrogens is 379 g/mol. The molecule has 0 aliphatic carbocycles. The van der Waals surface area contributed by atoms with E-state index in [0.717, 1.165) is 31.7 Å². The van der Waals surface area contributed by atoms with E-state index >= 15 is 0 Å². The highest BCUT2D eigenvalue weighted by molar-refractivity contribution is 6.42. The Kier molecular flexibility index (Phi) is 9.88. The van der Waals surface area contributed by atoms with E-state index < -0.39 is 0 Å². The van der Waals surface area contributed by atoms with Gasteiger partial charge in [0, 0.05) is 32.2 Å². The van der Waals surface area contributed by atoms with Crippen molar-refractivity contribution in [1.29, 1.82) is 0 Å². The predicted octanol–water partition coefficient (Wildman–Crippen LogP) is 4.85.